The molecule has 1 atom stereocenters. The van der Waals surface area contributed by atoms with E-state index in [-0.39, 0.29) is 16.9 Å². The number of hydrogen-bond acceptors (Lipinski definition) is 5. The molecule has 2 aromatic rings. The highest BCUT2D eigenvalue weighted by atomic mass is 32.2. The van der Waals surface area contributed by atoms with Crippen LogP contribution in [-0.2, 0) is 11.3 Å². The van der Waals surface area contributed by atoms with E-state index in [1.807, 2.05) is 30.1 Å². The molecule has 0 spiro atoms. The molecule has 4 nitrogen and oxygen atoms in total. The number of pyridine rings is 1. The van der Waals surface area contributed by atoms with E-state index in [2.05, 4.69) is 62.3 Å². The number of nitrogens with zero attached hydrogens (tertiary/aromatic N) is 1. The van der Waals surface area contributed by atoms with E-state index in [1.54, 1.807) is 0 Å². The minimum Gasteiger partial charge on any atom is -0.474 e. The zero-order valence-electron chi connectivity index (χ0n) is 17.4. The molecule has 0 radical (unpaired) electrons. The van der Waals surface area contributed by atoms with Gasteiger partial charge in [0.2, 0.25) is 5.88 Å². The first kappa shape index (κ1) is 21.2. The molecule has 1 fully saturated rings. The molecule has 0 aliphatic carbocycles. The van der Waals surface area contributed by atoms with Crippen LogP contribution in [0.4, 0.5) is 0 Å². The summed E-state index contributed by atoms with van der Waals surface area (Å²) in [5, 5.41) is 3.66. The highest BCUT2D eigenvalue weighted by Crippen LogP contribution is 2.36. The summed E-state index contributed by atoms with van der Waals surface area (Å²) in [4.78, 5) is 5.72. The van der Waals surface area contributed by atoms with Gasteiger partial charge in [0.05, 0.1) is 13.2 Å². The summed E-state index contributed by atoms with van der Waals surface area (Å²) in [6.07, 6.45) is 3.91. The van der Waals surface area contributed by atoms with E-state index in [1.165, 1.54) is 16.0 Å². The van der Waals surface area contributed by atoms with Gasteiger partial charge in [-0.2, -0.15) is 0 Å². The maximum absolute atomic E-state index is 6.04. The standard InChI is InChI=1S/C23H32N2O2S/c1-17(20-7-5-6-8-21(20)28-23(2,3)4)25-16-18-9-12-24-22(15-18)27-19-10-13-26-14-11-19/h5-9,12,15,17,19,25H,10-11,13-14,16H2,1-4H3/t17-/m1/s1. The Balaban J connectivity index is 1.60. The number of thioether (sulfide) groups is 1. The van der Waals surface area contributed by atoms with Crippen LogP contribution in [0.5, 0.6) is 5.88 Å². The molecular formula is C23H32N2O2S. The number of aromatic nitrogens is 1. The fourth-order valence-electron chi connectivity index (χ4n) is 3.23. The van der Waals surface area contributed by atoms with Crippen LogP contribution in [0.15, 0.2) is 47.5 Å². The minimum atomic E-state index is 0.192. The van der Waals surface area contributed by atoms with Crippen molar-refractivity contribution in [3.05, 3.63) is 53.7 Å². The molecule has 0 amide bonds. The molecule has 0 bridgehead atoms. The smallest absolute Gasteiger partial charge is 0.213 e. The van der Waals surface area contributed by atoms with Gasteiger partial charge in [0.15, 0.2) is 0 Å². The van der Waals surface area contributed by atoms with Crippen molar-refractivity contribution in [1.82, 2.24) is 10.3 Å². The monoisotopic (exact) mass is 400 g/mol. The predicted octanol–water partition coefficient (Wildman–Crippen LogP) is 5.38. The maximum atomic E-state index is 6.04. The van der Waals surface area contributed by atoms with E-state index in [0.29, 0.717) is 5.88 Å². The highest BCUT2D eigenvalue weighted by molar-refractivity contribution is 8.00. The van der Waals surface area contributed by atoms with Crippen LogP contribution in [0.3, 0.4) is 0 Å². The number of nitrogens with one attached hydrogen (secondary N) is 1. The molecule has 1 saturated heterocycles. The molecule has 2 heterocycles. The average Bonchev–Trinajstić information content (AvgIpc) is 2.66. The summed E-state index contributed by atoms with van der Waals surface area (Å²) in [5.74, 6) is 0.711. The van der Waals surface area contributed by atoms with Gasteiger partial charge < -0.3 is 14.8 Å². The van der Waals surface area contributed by atoms with Crippen molar-refractivity contribution in [3.63, 3.8) is 0 Å². The summed E-state index contributed by atoms with van der Waals surface area (Å²) in [5.41, 5.74) is 2.53. The first-order valence-corrected chi connectivity index (χ1v) is 10.9. The fraction of sp³-hybridized carbons (Fsp3) is 0.522. The summed E-state index contributed by atoms with van der Waals surface area (Å²) in [7, 11) is 0. The van der Waals surface area contributed by atoms with E-state index in [9.17, 15) is 0 Å². The molecule has 0 unspecified atom stereocenters. The summed E-state index contributed by atoms with van der Waals surface area (Å²) in [6.45, 7) is 11.3. The lowest BCUT2D eigenvalue weighted by molar-refractivity contribution is 0.0237. The molecule has 1 aliphatic rings. The molecular weight excluding hydrogens is 368 g/mol. The third kappa shape index (κ3) is 6.50. The molecule has 5 heteroatoms. The van der Waals surface area contributed by atoms with Crippen LogP contribution < -0.4 is 10.1 Å². The third-order valence-corrected chi connectivity index (χ3v) is 5.87. The van der Waals surface area contributed by atoms with Gasteiger partial charge in [0.1, 0.15) is 6.10 Å². The molecule has 152 valence electrons. The Morgan fingerprint density at radius 3 is 2.71 bits per heavy atom. The Hall–Kier alpha value is -1.56. The lowest BCUT2D eigenvalue weighted by Crippen LogP contribution is -2.26. The third-order valence-electron chi connectivity index (χ3n) is 4.67. The molecule has 1 aliphatic heterocycles. The Morgan fingerprint density at radius 1 is 1.21 bits per heavy atom. The number of ether oxygens (including phenoxy) is 2. The second kappa shape index (κ2) is 9.77. The maximum Gasteiger partial charge on any atom is 0.213 e. The van der Waals surface area contributed by atoms with Crippen molar-refractivity contribution in [2.24, 2.45) is 0 Å². The second-order valence-electron chi connectivity index (χ2n) is 8.29. The summed E-state index contributed by atoms with van der Waals surface area (Å²) < 4.78 is 11.6. The van der Waals surface area contributed by atoms with Crippen LogP contribution in [0.25, 0.3) is 0 Å². The molecule has 28 heavy (non-hydrogen) atoms. The van der Waals surface area contributed by atoms with Crippen molar-refractivity contribution in [2.75, 3.05) is 13.2 Å². The van der Waals surface area contributed by atoms with Crippen LogP contribution >= 0.6 is 11.8 Å². The van der Waals surface area contributed by atoms with E-state index in [4.69, 9.17) is 9.47 Å². The van der Waals surface area contributed by atoms with Gasteiger partial charge in [-0.15, -0.1) is 11.8 Å². The Bertz CT molecular complexity index is 754. The summed E-state index contributed by atoms with van der Waals surface area (Å²) in [6, 6.07) is 13.0. The van der Waals surface area contributed by atoms with Gasteiger partial charge in [-0.3, -0.25) is 0 Å². The topological polar surface area (TPSA) is 43.4 Å². The number of hydrogen-bond donors (Lipinski definition) is 1. The number of rotatable bonds is 7. The average molecular weight is 401 g/mol. The van der Waals surface area contributed by atoms with E-state index < -0.39 is 0 Å². The van der Waals surface area contributed by atoms with Gasteiger partial charge in [-0.1, -0.05) is 39.0 Å². The molecule has 1 aromatic carbocycles. The first-order chi connectivity index (χ1) is 13.4. The Labute approximate surface area is 173 Å². The van der Waals surface area contributed by atoms with Gasteiger partial charge in [-0.05, 0) is 30.2 Å². The minimum absolute atomic E-state index is 0.192. The van der Waals surface area contributed by atoms with Gasteiger partial charge in [-0.25, -0.2) is 4.98 Å². The second-order valence-corrected chi connectivity index (χ2v) is 10.2. The SMILES string of the molecule is C[C@@H](NCc1ccnc(OC2CCOCC2)c1)c1ccccc1SC(C)(C)C. The van der Waals surface area contributed by atoms with Crippen LogP contribution in [0, 0.1) is 0 Å². The van der Waals surface area contributed by atoms with Crippen molar-refractivity contribution in [3.8, 4) is 5.88 Å². The molecule has 1 N–H and O–H groups in total. The highest BCUT2D eigenvalue weighted by Gasteiger charge is 2.18. The van der Waals surface area contributed by atoms with Crippen LogP contribution in [0.2, 0.25) is 0 Å². The van der Waals surface area contributed by atoms with Crippen molar-refractivity contribution >= 4 is 11.8 Å². The normalized spacial score (nSPS) is 16.7. The molecule has 1 aromatic heterocycles. The van der Waals surface area contributed by atoms with E-state index in [0.717, 1.165) is 32.6 Å². The summed E-state index contributed by atoms with van der Waals surface area (Å²) >= 11 is 1.92. The predicted molar refractivity (Wildman–Crippen MR) is 116 cm³/mol. The Morgan fingerprint density at radius 2 is 1.96 bits per heavy atom. The fourth-order valence-corrected chi connectivity index (χ4v) is 4.40. The van der Waals surface area contributed by atoms with Gasteiger partial charge in [0, 0.05) is 47.3 Å². The first-order valence-electron chi connectivity index (χ1n) is 10.1. The van der Waals surface area contributed by atoms with Crippen molar-refractivity contribution in [2.45, 2.75) is 68.9 Å². The lowest BCUT2D eigenvalue weighted by atomic mass is 10.1. The zero-order chi connectivity index (χ0) is 20.0. The zero-order valence-corrected chi connectivity index (χ0v) is 18.2. The largest absolute Gasteiger partial charge is 0.474 e. The van der Waals surface area contributed by atoms with E-state index >= 15 is 0 Å². The molecule has 0 saturated carbocycles. The van der Waals surface area contributed by atoms with Crippen LogP contribution in [-0.4, -0.2) is 29.0 Å². The van der Waals surface area contributed by atoms with Gasteiger partial charge >= 0.3 is 0 Å². The quantitative estimate of drug-likeness (QED) is 0.632. The van der Waals surface area contributed by atoms with Gasteiger partial charge in [0.25, 0.3) is 0 Å². The molecule has 3 rings (SSSR count). The van der Waals surface area contributed by atoms with Crippen molar-refractivity contribution < 1.29 is 9.47 Å². The lowest BCUT2D eigenvalue weighted by Gasteiger charge is -2.24. The number of benzene rings is 1. The Kier molecular flexibility index (Phi) is 7.38. The van der Waals surface area contributed by atoms with Crippen LogP contribution in [0.1, 0.15) is 57.7 Å². The van der Waals surface area contributed by atoms with Crippen molar-refractivity contribution in [1.29, 1.82) is 0 Å².